The van der Waals surface area contributed by atoms with Gasteiger partial charge in [0.2, 0.25) is 0 Å². The molecular formula is C11H18O. The third kappa shape index (κ3) is 1.78. The summed E-state index contributed by atoms with van der Waals surface area (Å²) in [5.41, 5.74) is 1.54. The fourth-order valence-electron chi connectivity index (χ4n) is 1.67. The minimum atomic E-state index is -0.633. The molecule has 1 nitrogen and oxygen atoms in total. The highest BCUT2D eigenvalue weighted by molar-refractivity contribution is 5.18. The molecule has 1 aliphatic carbocycles. The molecule has 0 spiro atoms. The molecule has 0 aromatic rings. The van der Waals surface area contributed by atoms with Crippen LogP contribution in [0.4, 0.5) is 0 Å². The van der Waals surface area contributed by atoms with E-state index in [2.05, 4.69) is 20.1 Å². The van der Waals surface area contributed by atoms with E-state index in [4.69, 9.17) is 0 Å². The first-order valence-corrected chi connectivity index (χ1v) is 4.49. The van der Waals surface area contributed by atoms with Crippen molar-refractivity contribution in [3.05, 3.63) is 24.3 Å². The normalized spacial score (nSPS) is 36.6. The molecule has 1 N–H and O–H groups in total. The fraction of sp³-hybridized carbons (Fsp3) is 0.636. The van der Waals surface area contributed by atoms with Gasteiger partial charge in [0.1, 0.15) is 0 Å². The van der Waals surface area contributed by atoms with Crippen molar-refractivity contribution in [3.63, 3.8) is 0 Å². The summed E-state index contributed by atoms with van der Waals surface area (Å²) in [6.07, 6.45) is 2.77. The Morgan fingerprint density at radius 2 is 2.25 bits per heavy atom. The third-order valence-electron chi connectivity index (χ3n) is 2.93. The van der Waals surface area contributed by atoms with Gasteiger partial charge in [-0.05, 0) is 44.6 Å². The van der Waals surface area contributed by atoms with Crippen molar-refractivity contribution in [1.82, 2.24) is 0 Å². The van der Waals surface area contributed by atoms with Crippen molar-refractivity contribution in [2.45, 2.75) is 38.7 Å². The third-order valence-corrected chi connectivity index (χ3v) is 2.93. The van der Waals surface area contributed by atoms with E-state index in [-0.39, 0.29) is 0 Å². The number of hydrogen-bond acceptors (Lipinski definition) is 1. The Hall–Kier alpha value is -0.560. The Balaban J connectivity index is 2.64. The lowest BCUT2D eigenvalue weighted by Gasteiger charge is -2.35. The molecule has 1 aliphatic rings. The average molecular weight is 166 g/mol. The minimum Gasteiger partial charge on any atom is -0.386 e. The van der Waals surface area contributed by atoms with Gasteiger partial charge in [-0.3, -0.25) is 0 Å². The largest absolute Gasteiger partial charge is 0.386 e. The predicted octanol–water partition coefficient (Wildman–Crippen LogP) is 2.67. The number of hydrogen-bond donors (Lipinski definition) is 1. The van der Waals surface area contributed by atoms with Crippen LogP contribution in [0.1, 0.15) is 33.1 Å². The summed E-state index contributed by atoms with van der Waals surface area (Å²) in [5.74, 6) is 0.540. The maximum absolute atomic E-state index is 9.81. The SMILES string of the molecule is C=C(C)[C@@H]1CC[C@](C)(O)C(=C)C1. The van der Waals surface area contributed by atoms with Gasteiger partial charge in [0, 0.05) is 0 Å². The Bertz CT molecular complexity index is 213. The summed E-state index contributed by atoms with van der Waals surface area (Å²) in [6, 6.07) is 0. The van der Waals surface area contributed by atoms with Crippen molar-refractivity contribution in [2.75, 3.05) is 0 Å². The molecule has 0 saturated heterocycles. The van der Waals surface area contributed by atoms with Crippen molar-refractivity contribution in [3.8, 4) is 0 Å². The van der Waals surface area contributed by atoms with E-state index >= 15 is 0 Å². The lowest BCUT2D eigenvalue weighted by Crippen LogP contribution is -2.32. The second-order valence-electron chi connectivity index (χ2n) is 4.16. The summed E-state index contributed by atoms with van der Waals surface area (Å²) < 4.78 is 0. The van der Waals surface area contributed by atoms with E-state index in [9.17, 15) is 5.11 Å². The standard InChI is InChI=1S/C11H18O/c1-8(2)10-5-6-11(4,12)9(3)7-10/h10,12H,1,3,5-7H2,2,4H3/t10-,11+/m1/s1. The molecule has 68 valence electrons. The Kier molecular flexibility index (Phi) is 2.43. The number of aliphatic hydroxyl groups is 1. The van der Waals surface area contributed by atoms with E-state index in [1.54, 1.807) is 0 Å². The molecule has 0 unspecified atom stereocenters. The monoisotopic (exact) mass is 166 g/mol. The summed E-state index contributed by atoms with van der Waals surface area (Å²) in [4.78, 5) is 0. The lowest BCUT2D eigenvalue weighted by molar-refractivity contribution is 0.0628. The van der Waals surface area contributed by atoms with Gasteiger partial charge in [-0.25, -0.2) is 0 Å². The van der Waals surface area contributed by atoms with Crippen molar-refractivity contribution < 1.29 is 5.11 Å². The summed E-state index contributed by atoms with van der Waals surface area (Å²) >= 11 is 0. The highest BCUT2D eigenvalue weighted by Crippen LogP contribution is 2.37. The van der Waals surface area contributed by atoms with Gasteiger partial charge in [-0.1, -0.05) is 18.7 Å². The van der Waals surface area contributed by atoms with E-state index in [1.807, 2.05) is 6.92 Å². The van der Waals surface area contributed by atoms with Crippen LogP contribution in [-0.4, -0.2) is 10.7 Å². The zero-order valence-corrected chi connectivity index (χ0v) is 8.06. The Labute approximate surface area is 74.8 Å². The van der Waals surface area contributed by atoms with Gasteiger partial charge in [0.05, 0.1) is 5.60 Å². The van der Waals surface area contributed by atoms with Crippen molar-refractivity contribution >= 4 is 0 Å². The van der Waals surface area contributed by atoms with E-state index < -0.39 is 5.60 Å². The zero-order chi connectivity index (χ0) is 9.35. The highest BCUT2D eigenvalue weighted by atomic mass is 16.3. The van der Waals surface area contributed by atoms with Crippen LogP contribution in [-0.2, 0) is 0 Å². The molecule has 1 rings (SSSR count). The summed E-state index contributed by atoms with van der Waals surface area (Å²) in [5, 5.41) is 9.81. The molecule has 2 atom stereocenters. The first kappa shape index (κ1) is 9.53. The smallest absolute Gasteiger partial charge is 0.0826 e. The van der Waals surface area contributed by atoms with Crippen LogP contribution in [0.5, 0.6) is 0 Å². The summed E-state index contributed by atoms with van der Waals surface area (Å²) in [7, 11) is 0. The van der Waals surface area contributed by atoms with Gasteiger partial charge in [0.15, 0.2) is 0 Å². The molecule has 1 fully saturated rings. The molecule has 12 heavy (non-hydrogen) atoms. The van der Waals surface area contributed by atoms with Gasteiger partial charge >= 0.3 is 0 Å². The lowest BCUT2D eigenvalue weighted by atomic mass is 9.74. The molecule has 0 radical (unpaired) electrons. The van der Waals surface area contributed by atoms with Crippen LogP contribution < -0.4 is 0 Å². The molecule has 0 heterocycles. The topological polar surface area (TPSA) is 20.2 Å². The van der Waals surface area contributed by atoms with Crippen LogP contribution in [0.25, 0.3) is 0 Å². The molecule has 1 heteroatoms. The van der Waals surface area contributed by atoms with Crippen LogP contribution in [0.3, 0.4) is 0 Å². The van der Waals surface area contributed by atoms with E-state index in [0.29, 0.717) is 5.92 Å². The second kappa shape index (κ2) is 3.06. The molecule has 0 bridgehead atoms. The molecule has 1 saturated carbocycles. The molecule has 0 aromatic heterocycles. The average Bonchev–Trinajstić information content (AvgIpc) is 1.94. The maximum atomic E-state index is 9.81. The van der Waals surface area contributed by atoms with Gasteiger partial charge < -0.3 is 5.11 Å². The van der Waals surface area contributed by atoms with E-state index in [0.717, 1.165) is 24.8 Å². The highest BCUT2D eigenvalue weighted by Gasteiger charge is 2.31. The first-order valence-electron chi connectivity index (χ1n) is 4.49. The first-order chi connectivity index (χ1) is 5.43. The van der Waals surface area contributed by atoms with Gasteiger partial charge in [-0.2, -0.15) is 0 Å². The summed E-state index contributed by atoms with van der Waals surface area (Å²) in [6.45, 7) is 11.8. The van der Waals surface area contributed by atoms with Crippen molar-refractivity contribution in [1.29, 1.82) is 0 Å². The van der Waals surface area contributed by atoms with E-state index in [1.165, 1.54) is 5.57 Å². The molecule has 0 aliphatic heterocycles. The second-order valence-corrected chi connectivity index (χ2v) is 4.16. The maximum Gasteiger partial charge on any atom is 0.0826 e. The van der Waals surface area contributed by atoms with Crippen molar-refractivity contribution in [2.24, 2.45) is 5.92 Å². The van der Waals surface area contributed by atoms with Gasteiger partial charge in [-0.15, -0.1) is 0 Å². The quantitative estimate of drug-likeness (QED) is 0.594. The molecule has 0 amide bonds. The molecule has 0 aromatic carbocycles. The van der Waals surface area contributed by atoms with Crippen LogP contribution in [0.15, 0.2) is 24.3 Å². The number of rotatable bonds is 1. The molecular weight excluding hydrogens is 148 g/mol. The van der Waals surface area contributed by atoms with Gasteiger partial charge in [0.25, 0.3) is 0 Å². The van der Waals surface area contributed by atoms with Crippen LogP contribution >= 0.6 is 0 Å². The minimum absolute atomic E-state index is 0.540. The van der Waals surface area contributed by atoms with Crippen LogP contribution in [0, 0.1) is 5.92 Å². The van der Waals surface area contributed by atoms with Crippen LogP contribution in [0.2, 0.25) is 0 Å². The fourth-order valence-corrected chi connectivity index (χ4v) is 1.67. The predicted molar refractivity (Wildman–Crippen MR) is 51.9 cm³/mol. The zero-order valence-electron chi connectivity index (χ0n) is 8.06. The Morgan fingerprint density at radius 3 is 2.67 bits per heavy atom. The Morgan fingerprint density at radius 1 is 1.67 bits per heavy atom. The number of allylic oxidation sites excluding steroid dienone is 1.